The van der Waals surface area contributed by atoms with Crippen molar-refractivity contribution in [3.8, 4) is 0 Å². The van der Waals surface area contributed by atoms with Crippen LogP contribution in [0.15, 0.2) is 47.4 Å². The number of sulfonamides is 1. The van der Waals surface area contributed by atoms with Crippen molar-refractivity contribution in [3.63, 3.8) is 0 Å². The molecule has 0 radical (unpaired) electrons. The van der Waals surface area contributed by atoms with E-state index in [1.54, 1.807) is 24.3 Å². The van der Waals surface area contributed by atoms with Crippen LogP contribution in [0.5, 0.6) is 0 Å². The fraction of sp³-hybridized carbons (Fsp3) is 0.0714. The number of esters is 1. The highest BCUT2D eigenvalue weighted by Gasteiger charge is 2.17. The van der Waals surface area contributed by atoms with Crippen LogP contribution in [0.1, 0.15) is 15.9 Å². The zero-order valence-electron chi connectivity index (χ0n) is 11.1. The Morgan fingerprint density at radius 2 is 1.73 bits per heavy atom. The van der Waals surface area contributed by atoms with Gasteiger partial charge in [0.15, 0.2) is 0 Å². The summed E-state index contributed by atoms with van der Waals surface area (Å²) in [5, 5.41) is 5.55. The Labute approximate surface area is 137 Å². The number of primary sulfonamides is 1. The molecule has 2 aromatic carbocycles. The Morgan fingerprint density at radius 3 is 2.32 bits per heavy atom. The molecule has 2 rings (SSSR count). The minimum Gasteiger partial charge on any atom is -0.457 e. The van der Waals surface area contributed by atoms with E-state index in [9.17, 15) is 13.2 Å². The van der Waals surface area contributed by atoms with Crippen molar-refractivity contribution in [1.29, 1.82) is 0 Å². The Morgan fingerprint density at radius 1 is 1.09 bits per heavy atom. The molecule has 0 saturated carbocycles. The summed E-state index contributed by atoms with van der Waals surface area (Å²) in [6.45, 7) is 0.0311. The van der Waals surface area contributed by atoms with Crippen LogP contribution in [-0.4, -0.2) is 14.4 Å². The number of ether oxygens (including phenoxy) is 1. The summed E-state index contributed by atoms with van der Waals surface area (Å²) in [6.07, 6.45) is 0. The Hall–Kier alpha value is -1.60. The maximum atomic E-state index is 11.9. The van der Waals surface area contributed by atoms with Gasteiger partial charge in [-0.3, -0.25) is 0 Å². The van der Waals surface area contributed by atoms with Gasteiger partial charge in [0.2, 0.25) is 10.0 Å². The summed E-state index contributed by atoms with van der Waals surface area (Å²) >= 11 is 11.5. The molecule has 0 bridgehead atoms. The van der Waals surface area contributed by atoms with Gasteiger partial charge in [-0.05, 0) is 35.9 Å². The fourth-order valence-corrected chi connectivity index (χ4v) is 2.86. The summed E-state index contributed by atoms with van der Waals surface area (Å²) in [4.78, 5) is 11.6. The fourth-order valence-electron chi connectivity index (χ4n) is 1.66. The first kappa shape index (κ1) is 16.8. The van der Waals surface area contributed by atoms with Gasteiger partial charge in [0.25, 0.3) is 0 Å². The summed E-state index contributed by atoms with van der Waals surface area (Å²) in [5.41, 5.74) is 0.792. The van der Waals surface area contributed by atoms with Gasteiger partial charge in [-0.25, -0.2) is 18.4 Å². The largest absolute Gasteiger partial charge is 0.457 e. The molecule has 0 atom stereocenters. The van der Waals surface area contributed by atoms with Gasteiger partial charge in [-0.2, -0.15) is 0 Å². The van der Waals surface area contributed by atoms with Crippen molar-refractivity contribution in [1.82, 2.24) is 0 Å². The lowest BCUT2D eigenvalue weighted by Crippen LogP contribution is -2.14. The van der Waals surface area contributed by atoms with E-state index in [0.717, 1.165) is 11.6 Å². The topological polar surface area (TPSA) is 86.5 Å². The highest BCUT2D eigenvalue weighted by Crippen LogP contribution is 2.22. The minimum absolute atomic E-state index is 0.0311. The Bertz CT molecular complexity index is 804. The van der Waals surface area contributed by atoms with E-state index in [-0.39, 0.29) is 22.1 Å². The third-order valence-corrected chi connectivity index (χ3v) is 4.40. The second-order valence-corrected chi connectivity index (χ2v) is 6.77. The number of carbonyl (C=O) groups excluding carboxylic acids is 1. The zero-order valence-corrected chi connectivity index (χ0v) is 13.5. The standard InChI is InChI=1S/C14H11Cl2NO4S/c15-11-4-1-9(2-5-11)8-21-14(18)10-3-6-12(16)13(7-10)22(17,19)20/h1-7H,8H2,(H2,17,19,20). The van der Waals surface area contributed by atoms with Crippen molar-refractivity contribution < 1.29 is 17.9 Å². The lowest BCUT2D eigenvalue weighted by atomic mass is 10.2. The zero-order chi connectivity index (χ0) is 16.3. The summed E-state index contributed by atoms with van der Waals surface area (Å²) in [5.74, 6) is -0.684. The van der Waals surface area contributed by atoms with Gasteiger partial charge in [-0.1, -0.05) is 35.3 Å². The summed E-state index contributed by atoms with van der Waals surface area (Å²) in [6, 6.07) is 10.5. The lowest BCUT2D eigenvalue weighted by Gasteiger charge is -2.07. The number of carbonyl (C=O) groups is 1. The van der Waals surface area contributed by atoms with Gasteiger partial charge < -0.3 is 4.74 Å². The Balaban J connectivity index is 2.15. The molecule has 0 aliphatic heterocycles. The van der Waals surface area contributed by atoms with Crippen LogP contribution in [0.4, 0.5) is 0 Å². The molecule has 0 aliphatic rings. The molecule has 0 spiro atoms. The van der Waals surface area contributed by atoms with Crippen LogP contribution in [-0.2, 0) is 21.4 Å². The third kappa shape index (κ3) is 4.20. The van der Waals surface area contributed by atoms with Gasteiger partial charge in [0.05, 0.1) is 10.6 Å². The first-order valence-corrected chi connectivity index (χ1v) is 8.31. The molecule has 0 aliphatic carbocycles. The normalized spacial score (nSPS) is 11.2. The summed E-state index contributed by atoms with van der Waals surface area (Å²) < 4.78 is 27.8. The second-order valence-electron chi connectivity index (χ2n) is 4.39. The van der Waals surface area contributed by atoms with Crippen LogP contribution in [0.3, 0.4) is 0 Å². The highest BCUT2D eigenvalue weighted by atomic mass is 35.5. The molecular formula is C14H11Cl2NO4S. The number of hydrogen-bond donors (Lipinski definition) is 1. The number of hydrogen-bond acceptors (Lipinski definition) is 4. The number of halogens is 2. The van der Waals surface area contributed by atoms with E-state index in [2.05, 4.69) is 0 Å². The van der Waals surface area contributed by atoms with Crippen molar-refractivity contribution in [2.45, 2.75) is 11.5 Å². The molecule has 0 amide bonds. The third-order valence-electron chi connectivity index (χ3n) is 2.76. The second kappa shape index (κ2) is 6.66. The molecule has 0 aromatic heterocycles. The molecule has 2 aromatic rings. The van der Waals surface area contributed by atoms with Gasteiger partial charge >= 0.3 is 5.97 Å². The predicted molar refractivity (Wildman–Crippen MR) is 83.4 cm³/mol. The van der Waals surface area contributed by atoms with Gasteiger partial charge in [0, 0.05) is 5.02 Å². The summed E-state index contributed by atoms with van der Waals surface area (Å²) in [7, 11) is -4.02. The minimum atomic E-state index is -4.02. The van der Waals surface area contributed by atoms with Crippen LogP contribution in [0.25, 0.3) is 0 Å². The van der Waals surface area contributed by atoms with E-state index in [1.807, 2.05) is 0 Å². The van der Waals surface area contributed by atoms with Crippen LogP contribution >= 0.6 is 23.2 Å². The molecular weight excluding hydrogens is 349 g/mol. The van der Waals surface area contributed by atoms with Gasteiger partial charge in [-0.15, -0.1) is 0 Å². The molecule has 22 heavy (non-hydrogen) atoms. The van der Waals surface area contributed by atoms with E-state index in [0.29, 0.717) is 5.02 Å². The molecule has 0 heterocycles. The first-order chi connectivity index (χ1) is 10.3. The average molecular weight is 360 g/mol. The SMILES string of the molecule is NS(=O)(=O)c1cc(C(=O)OCc2ccc(Cl)cc2)ccc1Cl. The number of rotatable bonds is 4. The van der Waals surface area contributed by atoms with Crippen molar-refractivity contribution >= 4 is 39.2 Å². The van der Waals surface area contributed by atoms with E-state index < -0.39 is 16.0 Å². The first-order valence-electron chi connectivity index (χ1n) is 6.01. The molecule has 116 valence electrons. The quantitative estimate of drug-likeness (QED) is 0.850. The molecule has 2 N–H and O–H groups in total. The van der Waals surface area contributed by atoms with Crippen LogP contribution < -0.4 is 5.14 Å². The highest BCUT2D eigenvalue weighted by molar-refractivity contribution is 7.89. The van der Waals surface area contributed by atoms with E-state index in [1.165, 1.54) is 12.1 Å². The smallest absolute Gasteiger partial charge is 0.338 e. The van der Waals surface area contributed by atoms with Crippen molar-refractivity contribution in [3.05, 3.63) is 63.6 Å². The average Bonchev–Trinajstić information content (AvgIpc) is 2.45. The van der Waals surface area contributed by atoms with Gasteiger partial charge in [0.1, 0.15) is 11.5 Å². The Kier molecular flexibility index (Phi) is 5.08. The predicted octanol–water partition coefficient (Wildman–Crippen LogP) is 3.00. The van der Waals surface area contributed by atoms with Crippen LogP contribution in [0.2, 0.25) is 10.0 Å². The lowest BCUT2D eigenvalue weighted by molar-refractivity contribution is 0.0472. The van der Waals surface area contributed by atoms with E-state index in [4.69, 9.17) is 33.1 Å². The maximum Gasteiger partial charge on any atom is 0.338 e. The van der Waals surface area contributed by atoms with E-state index >= 15 is 0 Å². The molecule has 8 heteroatoms. The molecule has 0 unspecified atom stereocenters. The number of nitrogens with two attached hydrogens (primary N) is 1. The van der Waals surface area contributed by atoms with Crippen LogP contribution in [0, 0.1) is 0 Å². The molecule has 0 saturated heterocycles. The monoisotopic (exact) mass is 359 g/mol. The maximum absolute atomic E-state index is 11.9. The van der Waals surface area contributed by atoms with Crippen molar-refractivity contribution in [2.24, 2.45) is 5.14 Å². The van der Waals surface area contributed by atoms with Crippen molar-refractivity contribution in [2.75, 3.05) is 0 Å². The number of benzene rings is 2. The molecule has 0 fully saturated rings. The molecule has 5 nitrogen and oxygen atoms in total.